The van der Waals surface area contributed by atoms with Gasteiger partial charge in [0, 0.05) is 41.8 Å². The molecular formula is C14H17N3OS. The lowest BCUT2D eigenvalue weighted by Gasteiger charge is -2.09. The van der Waals surface area contributed by atoms with Crippen LogP contribution >= 0.6 is 11.3 Å². The van der Waals surface area contributed by atoms with E-state index < -0.39 is 0 Å². The topological polar surface area (TPSA) is 46.9 Å². The SMILES string of the molecule is Cc1cnc(CCNC(=O)c2ccsc2)n1C1CC1. The number of aromatic nitrogens is 2. The highest BCUT2D eigenvalue weighted by Gasteiger charge is 2.26. The average molecular weight is 275 g/mol. The van der Waals surface area contributed by atoms with Gasteiger partial charge in [0.15, 0.2) is 0 Å². The number of carbonyl (C=O) groups is 1. The number of nitrogens with zero attached hydrogens (tertiary/aromatic N) is 2. The first-order chi connectivity index (χ1) is 9.25. The van der Waals surface area contributed by atoms with Crippen LogP contribution in [0.2, 0.25) is 0 Å². The first-order valence-corrected chi connectivity index (χ1v) is 7.53. The van der Waals surface area contributed by atoms with Crippen LogP contribution < -0.4 is 5.32 Å². The second kappa shape index (κ2) is 5.17. The molecule has 1 aliphatic rings. The second-order valence-electron chi connectivity index (χ2n) is 4.93. The van der Waals surface area contributed by atoms with Crippen molar-refractivity contribution in [1.82, 2.24) is 14.9 Å². The van der Waals surface area contributed by atoms with Crippen molar-refractivity contribution < 1.29 is 4.79 Å². The number of thiophene rings is 1. The Morgan fingerprint density at radius 2 is 2.42 bits per heavy atom. The smallest absolute Gasteiger partial charge is 0.252 e. The summed E-state index contributed by atoms with van der Waals surface area (Å²) in [4.78, 5) is 16.3. The maximum Gasteiger partial charge on any atom is 0.252 e. The molecule has 0 aromatic carbocycles. The van der Waals surface area contributed by atoms with Crippen molar-refractivity contribution in [3.63, 3.8) is 0 Å². The molecule has 1 aliphatic carbocycles. The first-order valence-electron chi connectivity index (χ1n) is 6.59. The lowest BCUT2D eigenvalue weighted by molar-refractivity contribution is 0.0954. The summed E-state index contributed by atoms with van der Waals surface area (Å²) >= 11 is 1.54. The molecule has 2 aromatic rings. The van der Waals surface area contributed by atoms with E-state index >= 15 is 0 Å². The third kappa shape index (κ3) is 2.71. The summed E-state index contributed by atoms with van der Waals surface area (Å²) < 4.78 is 2.32. The number of amides is 1. The van der Waals surface area contributed by atoms with E-state index in [0.29, 0.717) is 12.6 Å². The Balaban J connectivity index is 1.57. The fourth-order valence-corrected chi connectivity index (χ4v) is 2.93. The van der Waals surface area contributed by atoms with Crippen molar-refractivity contribution >= 4 is 17.2 Å². The number of aryl methyl sites for hydroxylation is 1. The molecule has 4 nitrogen and oxygen atoms in total. The van der Waals surface area contributed by atoms with E-state index in [1.54, 1.807) is 0 Å². The summed E-state index contributed by atoms with van der Waals surface area (Å²) in [6.45, 7) is 2.73. The Bertz CT molecular complexity index is 570. The Hall–Kier alpha value is -1.62. The molecule has 3 rings (SSSR count). The van der Waals surface area contributed by atoms with Gasteiger partial charge in [-0.05, 0) is 31.2 Å². The minimum atomic E-state index is 0.00231. The molecule has 0 saturated heterocycles. The Labute approximate surface area is 116 Å². The van der Waals surface area contributed by atoms with E-state index in [2.05, 4.69) is 21.8 Å². The Morgan fingerprint density at radius 3 is 3.11 bits per heavy atom. The molecule has 0 spiro atoms. The van der Waals surface area contributed by atoms with Gasteiger partial charge in [0.1, 0.15) is 5.82 Å². The van der Waals surface area contributed by atoms with Crippen LogP contribution in [0.3, 0.4) is 0 Å². The van der Waals surface area contributed by atoms with Gasteiger partial charge in [0.25, 0.3) is 5.91 Å². The first kappa shape index (κ1) is 12.4. The van der Waals surface area contributed by atoms with Crippen LogP contribution in [0.5, 0.6) is 0 Å². The average Bonchev–Trinajstić information content (AvgIpc) is 2.95. The molecular weight excluding hydrogens is 258 g/mol. The van der Waals surface area contributed by atoms with Gasteiger partial charge in [-0.15, -0.1) is 0 Å². The lowest BCUT2D eigenvalue weighted by atomic mass is 10.3. The van der Waals surface area contributed by atoms with Crippen molar-refractivity contribution in [3.8, 4) is 0 Å². The van der Waals surface area contributed by atoms with E-state index in [1.807, 2.05) is 23.0 Å². The van der Waals surface area contributed by atoms with Crippen LogP contribution in [-0.2, 0) is 6.42 Å². The summed E-state index contributed by atoms with van der Waals surface area (Å²) in [6.07, 6.45) is 5.23. The predicted molar refractivity (Wildman–Crippen MR) is 75.6 cm³/mol. The molecule has 0 radical (unpaired) electrons. The van der Waals surface area contributed by atoms with Crippen LogP contribution in [0, 0.1) is 6.92 Å². The van der Waals surface area contributed by atoms with Gasteiger partial charge < -0.3 is 9.88 Å². The summed E-state index contributed by atoms with van der Waals surface area (Å²) in [7, 11) is 0. The molecule has 2 aromatic heterocycles. The monoisotopic (exact) mass is 275 g/mol. The Morgan fingerprint density at radius 1 is 1.58 bits per heavy atom. The van der Waals surface area contributed by atoms with Gasteiger partial charge >= 0.3 is 0 Å². The maximum atomic E-state index is 11.8. The largest absolute Gasteiger partial charge is 0.352 e. The molecule has 5 heteroatoms. The molecule has 0 atom stereocenters. The molecule has 0 unspecified atom stereocenters. The highest BCUT2D eigenvalue weighted by atomic mass is 32.1. The van der Waals surface area contributed by atoms with Crippen molar-refractivity contribution in [3.05, 3.63) is 40.1 Å². The zero-order chi connectivity index (χ0) is 13.2. The van der Waals surface area contributed by atoms with Gasteiger partial charge in [-0.2, -0.15) is 11.3 Å². The van der Waals surface area contributed by atoms with E-state index in [4.69, 9.17) is 0 Å². The fraction of sp³-hybridized carbons (Fsp3) is 0.429. The van der Waals surface area contributed by atoms with Gasteiger partial charge in [-0.1, -0.05) is 0 Å². The molecule has 1 amide bonds. The molecule has 0 aliphatic heterocycles. The van der Waals surface area contributed by atoms with E-state index in [0.717, 1.165) is 17.8 Å². The third-order valence-electron chi connectivity index (χ3n) is 3.39. The number of carbonyl (C=O) groups excluding carboxylic acids is 1. The van der Waals surface area contributed by atoms with Crippen LogP contribution in [-0.4, -0.2) is 22.0 Å². The fourth-order valence-electron chi connectivity index (χ4n) is 2.30. The van der Waals surface area contributed by atoms with Crippen molar-refractivity contribution in [2.24, 2.45) is 0 Å². The zero-order valence-corrected chi connectivity index (χ0v) is 11.7. The quantitative estimate of drug-likeness (QED) is 0.911. The number of hydrogen-bond donors (Lipinski definition) is 1. The summed E-state index contributed by atoms with van der Waals surface area (Å²) in [6, 6.07) is 2.49. The van der Waals surface area contributed by atoms with Crippen molar-refractivity contribution in [2.45, 2.75) is 32.2 Å². The van der Waals surface area contributed by atoms with Crippen LogP contribution in [0.25, 0.3) is 0 Å². The van der Waals surface area contributed by atoms with Crippen LogP contribution in [0.1, 0.15) is 40.8 Å². The number of imidazole rings is 1. The van der Waals surface area contributed by atoms with Gasteiger partial charge in [-0.3, -0.25) is 4.79 Å². The lowest BCUT2D eigenvalue weighted by Crippen LogP contribution is -2.26. The molecule has 1 saturated carbocycles. The van der Waals surface area contributed by atoms with E-state index in [1.165, 1.54) is 29.9 Å². The zero-order valence-electron chi connectivity index (χ0n) is 10.9. The molecule has 100 valence electrons. The minimum Gasteiger partial charge on any atom is -0.352 e. The van der Waals surface area contributed by atoms with Gasteiger partial charge in [0.05, 0.1) is 0 Å². The van der Waals surface area contributed by atoms with Crippen molar-refractivity contribution in [1.29, 1.82) is 0 Å². The summed E-state index contributed by atoms with van der Waals surface area (Å²) in [5.41, 5.74) is 1.97. The Kier molecular flexibility index (Phi) is 3.38. The summed E-state index contributed by atoms with van der Waals surface area (Å²) in [5.74, 6) is 1.09. The van der Waals surface area contributed by atoms with Crippen LogP contribution in [0.15, 0.2) is 23.0 Å². The molecule has 19 heavy (non-hydrogen) atoms. The minimum absolute atomic E-state index is 0.00231. The molecule has 1 fully saturated rings. The molecule has 0 bridgehead atoms. The molecule has 1 N–H and O–H groups in total. The highest BCUT2D eigenvalue weighted by Crippen LogP contribution is 2.36. The normalized spacial score (nSPS) is 14.6. The van der Waals surface area contributed by atoms with Gasteiger partial charge in [0.2, 0.25) is 0 Å². The van der Waals surface area contributed by atoms with E-state index in [-0.39, 0.29) is 5.91 Å². The third-order valence-corrected chi connectivity index (χ3v) is 4.07. The maximum absolute atomic E-state index is 11.8. The summed E-state index contributed by atoms with van der Waals surface area (Å²) in [5, 5.41) is 6.72. The van der Waals surface area contributed by atoms with Crippen molar-refractivity contribution in [2.75, 3.05) is 6.54 Å². The standard InChI is InChI=1S/C14H17N3OS/c1-10-8-16-13(17(10)12-2-3-12)4-6-15-14(18)11-5-7-19-9-11/h5,7-9,12H,2-4,6H2,1H3,(H,15,18). The molecule has 2 heterocycles. The van der Waals surface area contributed by atoms with E-state index in [9.17, 15) is 4.79 Å². The van der Waals surface area contributed by atoms with Crippen LogP contribution in [0.4, 0.5) is 0 Å². The number of nitrogens with one attached hydrogen (secondary N) is 1. The number of hydrogen-bond acceptors (Lipinski definition) is 3. The highest BCUT2D eigenvalue weighted by molar-refractivity contribution is 7.08. The van der Waals surface area contributed by atoms with Gasteiger partial charge in [-0.25, -0.2) is 4.98 Å². The predicted octanol–water partition coefficient (Wildman–Crippen LogP) is 2.56. The second-order valence-corrected chi connectivity index (χ2v) is 5.71. The number of rotatable bonds is 5.